The Morgan fingerprint density at radius 2 is 2.20 bits per heavy atom. The van der Waals surface area contributed by atoms with Crippen LogP contribution in [-0.2, 0) is 11.3 Å². The van der Waals surface area contributed by atoms with E-state index in [1.54, 1.807) is 12.1 Å². The van der Waals surface area contributed by atoms with E-state index in [0.29, 0.717) is 19.1 Å². The number of nitriles is 1. The van der Waals surface area contributed by atoms with E-state index in [1.165, 1.54) is 12.1 Å². The summed E-state index contributed by atoms with van der Waals surface area (Å²) in [7, 11) is 0. The van der Waals surface area contributed by atoms with Crippen molar-refractivity contribution in [2.75, 3.05) is 6.61 Å². The lowest BCUT2D eigenvalue weighted by atomic mass is 10.1. The van der Waals surface area contributed by atoms with Crippen molar-refractivity contribution >= 4 is 0 Å². The third-order valence-corrected chi connectivity index (χ3v) is 1.87. The monoisotopic (exact) mass is 207 g/mol. The summed E-state index contributed by atoms with van der Waals surface area (Å²) in [6.07, 6.45) is 0. The van der Waals surface area contributed by atoms with Crippen molar-refractivity contribution in [1.29, 1.82) is 5.26 Å². The summed E-state index contributed by atoms with van der Waals surface area (Å²) in [5.74, 6) is -0.00834. The van der Waals surface area contributed by atoms with Crippen LogP contribution in [0.15, 0.2) is 18.2 Å². The van der Waals surface area contributed by atoms with Crippen molar-refractivity contribution in [3.8, 4) is 6.07 Å². The first-order valence-electron chi connectivity index (χ1n) is 4.89. The molecule has 3 heteroatoms. The van der Waals surface area contributed by atoms with Crippen molar-refractivity contribution in [3.63, 3.8) is 0 Å². The number of rotatable bonds is 4. The smallest absolute Gasteiger partial charge is 0.140 e. The second kappa shape index (κ2) is 5.47. The van der Waals surface area contributed by atoms with Crippen molar-refractivity contribution < 1.29 is 9.13 Å². The van der Waals surface area contributed by atoms with Gasteiger partial charge < -0.3 is 4.74 Å². The second-order valence-corrected chi connectivity index (χ2v) is 3.83. The van der Waals surface area contributed by atoms with Crippen LogP contribution in [0.25, 0.3) is 0 Å². The molecule has 0 bridgehead atoms. The maximum atomic E-state index is 13.0. The van der Waals surface area contributed by atoms with E-state index >= 15 is 0 Å². The first kappa shape index (κ1) is 11.7. The van der Waals surface area contributed by atoms with Gasteiger partial charge in [0.15, 0.2) is 0 Å². The molecule has 80 valence electrons. The molecular formula is C12H14FNO. The Kier molecular flexibility index (Phi) is 4.26. The molecule has 0 saturated heterocycles. The fourth-order valence-electron chi connectivity index (χ4n) is 1.16. The fourth-order valence-corrected chi connectivity index (χ4v) is 1.16. The zero-order valence-corrected chi connectivity index (χ0v) is 8.96. The number of hydrogen-bond donors (Lipinski definition) is 0. The quantitative estimate of drug-likeness (QED) is 0.760. The van der Waals surface area contributed by atoms with Crippen molar-refractivity contribution in [1.82, 2.24) is 0 Å². The summed E-state index contributed by atoms with van der Waals surface area (Å²) in [6, 6.07) is 6.26. The van der Waals surface area contributed by atoms with Gasteiger partial charge >= 0.3 is 0 Å². The average Bonchev–Trinajstić information content (AvgIpc) is 2.20. The van der Waals surface area contributed by atoms with Crippen LogP contribution in [0.4, 0.5) is 4.39 Å². The molecule has 0 amide bonds. The highest BCUT2D eigenvalue weighted by Crippen LogP contribution is 2.10. The molecule has 0 saturated carbocycles. The molecule has 1 rings (SSSR count). The highest BCUT2D eigenvalue weighted by molar-refractivity contribution is 5.34. The first-order valence-corrected chi connectivity index (χ1v) is 4.89. The molecule has 15 heavy (non-hydrogen) atoms. The van der Waals surface area contributed by atoms with Gasteiger partial charge in [-0.1, -0.05) is 19.9 Å². The summed E-state index contributed by atoms with van der Waals surface area (Å²) < 4.78 is 18.3. The molecule has 0 aliphatic rings. The Hall–Kier alpha value is -1.40. The summed E-state index contributed by atoms with van der Waals surface area (Å²) in [5, 5.41) is 8.63. The van der Waals surface area contributed by atoms with Gasteiger partial charge in [-0.2, -0.15) is 5.26 Å². The van der Waals surface area contributed by atoms with Crippen LogP contribution in [0.5, 0.6) is 0 Å². The van der Waals surface area contributed by atoms with E-state index in [1.807, 2.05) is 0 Å². The van der Waals surface area contributed by atoms with E-state index in [2.05, 4.69) is 13.8 Å². The van der Waals surface area contributed by atoms with Crippen LogP contribution >= 0.6 is 0 Å². The normalized spacial score (nSPS) is 10.3. The van der Waals surface area contributed by atoms with E-state index < -0.39 is 5.82 Å². The number of hydrogen-bond acceptors (Lipinski definition) is 2. The van der Waals surface area contributed by atoms with E-state index in [-0.39, 0.29) is 5.56 Å². The van der Waals surface area contributed by atoms with Gasteiger partial charge in [-0.25, -0.2) is 4.39 Å². The SMILES string of the molecule is CC(C)COCc1ccc(F)c(C#N)c1. The topological polar surface area (TPSA) is 33.0 Å². The first-order chi connectivity index (χ1) is 7.13. The molecular weight excluding hydrogens is 193 g/mol. The minimum atomic E-state index is -0.481. The lowest BCUT2D eigenvalue weighted by molar-refractivity contribution is 0.0970. The average molecular weight is 207 g/mol. The largest absolute Gasteiger partial charge is 0.377 e. The van der Waals surface area contributed by atoms with Crippen LogP contribution in [0, 0.1) is 23.1 Å². The predicted octanol–water partition coefficient (Wildman–Crippen LogP) is 2.87. The molecule has 0 radical (unpaired) electrons. The molecule has 0 spiro atoms. The summed E-state index contributed by atoms with van der Waals surface area (Å²) in [5.41, 5.74) is 0.897. The minimum Gasteiger partial charge on any atom is -0.377 e. The predicted molar refractivity (Wildman–Crippen MR) is 55.6 cm³/mol. The Bertz CT molecular complexity index is 368. The lowest BCUT2D eigenvalue weighted by Crippen LogP contribution is -2.02. The molecule has 0 aliphatic carbocycles. The Morgan fingerprint density at radius 1 is 1.47 bits per heavy atom. The number of halogens is 1. The zero-order chi connectivity index (χ0) is 11.3. The molecule has 1 aromatic rings. The Morgan fingerprint density at radius 3 is 2.80 bits per heavy atom. The highest BCUT2D eigenvalue weighted by atomic mass is 19.1. The molecule has 0 fully saturated rings. The Balaban J connectivity index is 2.60. The van der Waals surface area contributed by atoms with Gasteiger partial charge in [0.2, 0.25) is 0 Å². The standard InChI is InChI=1S/C12H14FNO/c1-9(2)7-15-8-10-3-4-12(13)11(5-10)6-14/h3-5,9H,7-8H2,1-2H3. The number of nitrogens with zero attached hydrogens (tertiary/aromatic N) is 1. The van der Waals surface area contributed by atoms with Gasteiger partial charge in [0, 0.05) is 6.61 Å². The van der Waals surface area contributed by atoms with Gasteiger partial charge in [-0.3, -0.25) is 0 Å². The van der Waals surface area contributed by atoms with Crippen LogP contribution in [-0.4, -0.2) is 6.61 Å². The second-order valence-electron chi connectivity index (χ2n) is 3.83. The molecule has 0 N–H and O–H groups in total. The van der Waals surface area contributed by atoms with Gasteiger partial charge in [-0.15, -0.1) is 0 Å². The van der Waals surface area contributed by atoms with E-state index in [0.717, 1.165) is 5.56 Å². The van der Waals surface area contributed by atoms with Crippen molar-refractivity contribution in [2.45, 2.75) is 20.5 Å². The van der Waals surface area contributed by atoms with Crippen LogP contribution in [0.2, 0.25) is 0 Å². The number of benzene rings is 1. The van der Waals surface area contributed by atoms with Gasteiger partial charge in [0.1, 0.15) is 11.9 Å². The molecule has 1 aromatic carbocycles. The molecule has 0 aromatic heterocycles. The third-order valence-electron chi connectivity index (χ3n) is 1.87. The molecule has 0 unspecified atom stereocenters. The molecule has 0 aliphatic heterocycles. The molecule has 0 atom stereocenters. The highest BCUT2D eigenvalue weighted by Gasteiger charge is 2.03. The van der Waals surface area contributed by atoms with Crippen LogP contribution < -0.4 is 0 Å². The van der Waals surface area contributed by atoms with Gasteiger partial charge in [-0.05, 0) is 23.6 Å². The van der Waals surface area contributed by atoms with Gasteiger partial charge in [0.25, 0.3) is 0 Å². The van der Waals surface area contributed by atoms with Crippen molar-refractivity contribution in [3.05, 3.63) is 35.1 Å². The zero-order valence-electron chi connectivity index (χ0n) is 8.96. The Labute approximate surface area is 89.3 Å². The molecule has 2 nitrogen and oxygen atoms in total. The van der Waals surface area contributed by atoms with Crippen LogP contribution in [0.1, 0.15) is 25.0 Å². The fraction of sp³-hybridized carbons (Fsp3) is 0.417. The number of ether oxygens (including phenoxy) is 1. The van der Waals surface area contributed by atoms with Crippen molar-refractivity contribution in [2.24, 2.45) is 5.92 Å². The third kappa shape index (κ3) is 3.69. The summed E-state index contributed by atoms with van der Waals surface area (Å²) in [4.78, 5) is 0. The summed E-state index contributed by atoms with van der Waals surface area (Å²) >= 11 is 0. The summed E-state index contributed by atoms with van der Waals surface area (Å²) in [6.45, 7) is 5.21. The van der Waals surface area contributed by atoms with Crippen LogP contribution in [0.3, 0.4) is 0 Å². The molecule has 0 heterocycles. The lowest BCUT2D eigenvalue weighted by Gasteiger charge is -2.07. The van der Waals surface area contributed by atoms with E-state index in [4.69, 9.17) is 10.00 Å². The maximum absolute atomic E-state index is 13.0. The minimum absolute atomic E-state index is 0.0700. The van der Waals surface area contributed by atoms with E-state index in [9.17, 15) is 4.39 Å². The maximum Gasteiger partial charge on any atom is 0.140 e. The van der Waals surface area contributed by atoms with Gasteiger partial charge in [0.05, 0.1) is 12.2 Å².